The molecule has 19 heavy (non-hydrogen) atoms. The first kappa shape index (κ1) is 14.1. The first-order chi connectivity index (χ1) is 9.03. The molecule has 0 bridgehead atoms. The van der Waals surface area contributed by atoms with Gasteiger partial charge in [-0.25, -0.2) is 13.1 Å². The van der Waals surface area contributed by atoms with E-state index in [0.717, 1.165) is 19.6 Å². The van der Waals surface area contributed by atoms with Gasteiger partial charge in [-0.2, -0.15) is 0 Å². The van der Waals surface area contributed by atoms with Gasteiger partial charge in [0.15, 0.2) is 0 Å². The highest BCUT2D eigenvalue weighted by molar-refractivity contribution is 7.89. The maximum absolute atomic E-state index is 11.9. The number of benzene rings is 1. The summed E-state index contributed by atoms with van der Waals surface area (Å²) >= 11 is 0. The van der Waals surface area contributed by atoms with E-state index in [9.17, 15) is 8.42 Å². The van der Waals surface area contributed by atoms with Gasteiger partial charge in [-0.3, -0.25) is 0 Å². The van der Waals surface area contributed by atoms with Crippen molar-refractivity contribution in [1.82, 2.24) is 4.72 Å². The number of ether oxygens (including phenoxy) is 1. The molecular weight excluding hydrogens is 266 g/mol. The summed E-state index contributed by atoms with van der Waals surface area (Å²) in [5.74, 6) is 0.419. The minimum absolute atomic E-state index is 0.175. The van der Waals surface area contributed by atoms with Gasteiger partial charge in [-0.15, -0.1) is 0 Å². The van der Waals surface area contributed by atoms with E-state index in [0.29, 0.717) is 23.8 Å². The minimum atomic E-state index is -3.52. The largest absolute Gasteiger partial charge is 0.399 e. The van der Waals surface area contributed by atoms with Gasteiger partial charge in [-0.1, -0.05) is 0 Å². The van der Waals surface area contributed by atoms with Crippen LogP contribution in [0.25, 0.3) is 0 Å². The van der Waals surface area contributed by atoms with Crippen molar-refractivity contribution in [2.75, 3.05) is 37.9 Å². The summed E-state index contributed by atoms with van der Waals surface area (Å²) in [4.78, 5) is 0.175. The lowest BCUT2D eigenvalue weighted by Gasteiger charge is -2.15. The van der Waals surface area contributed by atoms with Crippen LogP contribution in [0.4, 0.5) is 11.4 Å². The van der Waals surface area contributed by atoms with E-state index >= 15 is 0 Å². The average molecular weight is 285 g/mol. The predicted octanol–water partition coefficient (Wildman–Crippen LogP) is 0.625. The number of sulfonamides is 1. The van der Waals surface area contributed by atoms with Crippen LogP contribution >= 0.6 is 0 Å². The molecule has 1 fully saturated rings. The Labute approximate surface area is 113 Å². The van der Waals surface area contributed by atoms with Crippen molar-refractivity contribution in [3.63, 3.8) is 0 Å². The normalized spacial score (nSPS) is 19.5. The van der Waals surface area contributed by atoms with Gasteiger partial charge in [0, 0.05) is 24.8 Å². The molecule has 1 heterocycles. The molecular formula is C12H19N3O3S. The average Bonchev–Trinajstić information content (AvgIpc) is 2.90. The van der Waals surface area contributed by atoms with Crippen LogP contribution in [-0.4, -0.2) is 35.2 Å². The number of nitrogen functional groups attached to an aromatic ring is 1. The fraction of sp³-hybridized carbons (Fsp3) is 0.500. The van der Waals surface area contributed by atoms with Crippen molar-refractivity contribution < 1.29 is 13.2 Å². The third kappa shape index (κ3) is 3.37. The second-order valence-corrected chi connectivity index (χ2v) is 6.43. The molecule has 0 aliphatic carbocycles. The zero-order chi connectivity index (χ0) is 13.9. The molecule has 0 spiro atoms. The van der Waals surface area contributed by atoms with Crippen LogP contribution in [0.3, 0.4) is 0 Å². The van der Waals surface area contributed by atoms with Gasteiger partial charge < -0.3 is 15.8 Å². The van der Waals surface area contributed by atoms with Gasteiger partial charge in [0.2, 0.25) is 10.0 Å². The molecule has 1 aliphatic heterocycles. The maximum Gasteiger partial charge on any atom is 0.242 e. The van der Waals surface area contributed by atoms with Gasteiger partial charge >= 0.3 is 0 Å². The molecule has 0 amide bonds. The van der Waals surface area contributed by atoms with Gasteiger partial charge in [-0.05, 0) is 31.7 Å². The Hall–Kier alpha value is -1.31. The molecule has 1 atom stereocenters. The van der Waals surface area contributed by atoms with Crippen LogP contribution in [0, 0.1) is 5.92 Å². The molecule has 0 saturated carbocycles. The molecule has 7 heteroatoms. The Morgan fingerprint density at radius 3 is 2.89 bits per heavy atom. The molecule has 0 radical (unpaired) electrons. The summed E-state index contributed by atoms with van der Waals surface area (Å²) in [7, 11) is -2.14. The highest BCUT2D eigenvalue weighted by atomic mass is 32.2. The molecule has 1 aromatic carbocycles. The Bertz CT molecular complexity index is 539. The summed E-state index contributed by atoms with van der Waals surface area (Å²) in [6, 6.07) is 4.83. The molecule has 6 nitrogen and oxygen atoms in total. The third-order valence-corrected chi connectivity index (χ3v) is 4.62. The summed E-state index contributed by atoms with van der Waals surface area (Å²) in [5.41, 5.74) is 6.64. The summed E-state index contributed by atoms with van der Waals surface area (Å²) in [5, 5.41) is 3.17. The van der Waals surface area contributed by atoms with Crippen LogP contribution in [0.1, 0.15) is 6.42 Å². The fourth-order valence-corrected chi connectivity index (χ4v) is 2.96. The van der Waals surface area contributed by atoms with Crippen LogP contribution in [-0.2, 0) is 14.8 Å². The topological polar surface area (TPSA) is 93.5 Å². The van der Waals surface area contributed by atoms with E-state index in [1.165, 1.54) is 13.1 Å². The molecule has 106 valence electrons. The minimum Gasteiger partial charge on any atom is -0.399 e. The van der Waals surface area contributed by atoms with Crippen LogP contribution < -0.4 is 15.8 Å². The number of rotatable bonds is 5. The van der Waals surface area contributed by atoms with E-state index in [-0.39, 0.29) is 4.90 Å². The molecule has 0 aromatic heterocycles. The number of hydrogen-bond donors (Lipinski definition) is 3. The van der Waals surface area contributed by atoms with Crippen molar-refractivity contribution in [1.29, 1.82) is 0 Å². The lowest BCUT2D eigenvalue weighted by molar-refractivity contribution is 0.187. The van der Waals surface area contributed by atoms with Crippen LogP contribution in [0.5, 0.6) is 0 Å². The maximum atomic E-state index is 11.9. The Kier molecular flexibility index (Phi) is 4.28. The van der Waals surface area contributed by atoms with Gasteiger partial charge in [0.05, 0.1) is 12.3 Å². The number of anilines is 2. The van der Waals surface area contributed by atoms with Crippen LogP contribution in [0.15, 0.2) is 23.1 Å². The molecule has 4 N–H and O–H groups in total. The van der Waals surface area contributed by atoms with E-state index in [1.807, 2.05) is 0 Å². The fourth-order valence-electron chi connectivity index (χ4n) is 2.02. The van der Waals surface area contributed by atoms with Gasteiger partial charge in [0.1, 0.15) is 4.90 Å². The molecule has 1 unspecified atom stereocenters. The quantitative estimate of drug-likeness (QED) is 0.690. The highest BCUT2D eigenvalue weighted by Crippen LogP contribution is 2.24. The Balaban J connectivity index is 2.19. The monoisotopic (exact) mass is 285 g/mol. The zero-order valence-corrected chi connectivity index (χ0v) is 11.7. The Morgan fingerprint density at radius 1 is 1.47 bits per heavy atom. The van der Waals surface area contributed by atoms with Crippen LogP contribution in [0.2, 0.25) is 0 Å². The molecule has 2 rings (SSSR count). The second-order valence-electron chi connectivity index (χ2n) is 4.57. The zero-order valence-electron chi connectivity index (χ0n) is 10.8. The summed E-state index contributed by atoms with van der Waals surface area (Å²) in [6.45, 7) is 2.18. The van der Waals surface area contributed by atoms with Crippen molar-refractivity contribution in [2.45, 2.75) is 11.3 Å². The summed E-state index contributed by atoms with van der Waals surface area (Å²) < 4.78 is 31.5. The molecule has 1 saturated heterocycles. The second kappa shape index (κ2) is 5.77. The van der Waals surface area contributed by atoms with Crippen molar-refractivity contribution in [3.05, 3.63) is 18.2 Å². The smallest absolute Gasteiger partial charge is 0.242 e. The van der Waals surface area contributed by atoms with Crippen molar-refractivity contribution in [2.24, 2.45) is 5.92 Å². The number of hydrogen-bond acceptors (Lipinski definition) is 5. The van der Waals surface area contributed by atoms with Gasteiger partial charge in [0.25, 0.3) is 0 Å². The molecule has 1 aliphatic rings. The first-order valence-electron chi connectivity index (χ1n) is 6.17. The SMILES string of the molecule is CNS(=O)(=O)c1cc(N)ccc1NCC1CCOC1. The first-order valence-corrected chi connectivity index (χ1v) is 7.66. The van der Waals surface area contributed by atoms with Crippen molar-refractivity contribution in [3.8, 4) is 0 Å². The summed E-state index contributed by atoms with van der Waals surface area (Å²) in [6.07, 6.45) is 0.996. The van der Waals surface area contributed by atoms with E-state index in [4.69, 9.17) is 10.5 Å². The van der Waals surface area contributed by atoms with E-state index in [2.05, 4.69) is 10.0 Å². The standard InChI is InChI=1S/C12H19N3O3S/c1-14-19(16,17)12-6-10(13)2-3-11(12)15-7-9-4-5-18-8-9/h2-3,6,9,14-15H,4-5,7-8,13H2,1H3. The highest BCUT2D eigenvalue weighted by Gasteiger charge is 2.19. The lowest BCUT2D eigenvalue weighted by Crippen LogP contribution is -2.22. The molecule has 1 aromatic rings. The lowest BCUT2D eigenvalue weighted by atomic mass is 10.1. The van der Waals surface area contributed by atoms with Crippen molar-refractivity contribution >= 4 is 21.4 Å². The predicted molar refractivity (Wildman–Crippen MR) is 74.5 cm³/mol. The van der Waals surface area contributed by atoms with E-state index < -0.39 is 10.0 Å². The number of nitrogens with two attached hydrogens (primary N) is 1. The third-order valence-electron chi connectivity index (χ3n) is 3.17. The number of nitrogens with one attached hydrogen (secondary N) is 2. The van der Waals surface area contributed by atoms with E-state index in [1.54, 1.807) is 12.1 Å². The Morgan fingerprint density at radius 2 is 2.26 bits per heavy atom.